The number of hydrogen-bond donors (Lipinski definition) is 0. The molecule has 0 saturated carbocycles. The lowest BCUT2D eigenvalue weighted by Gasteiger charge is -2.11. The second kappa shape index (κ2) is 11.4. The van der Waals surface area contributed by atoms with Crippen molar-refractivity contribution in [2.45, 2.75) is 0 Å². The Labute approximate surface area is 287 Å². The van der Waals surface area contributed by atoms with Gasteiger partial charge in [-0.15, -0.1) is 0 Å². The van der Waals surface area contributed by atoms with Gasteiger partial charge in [0.05, 0.1) is 11.0 Å². The van der Waals surface area contributed by atoms with E-state index in [2.05, 4.69) is 83.4 Å². The lowest BCUT2D eigenvalue weighted by molar-refractivity contribution is 0.670. The van der Waals surface area contributed by atoms with Crippen LogP contribution in [-0.4, -0.2) is 24.5 Å². The van der Waals surface area contributed by atoms with Crippen LogP contribution in [-0.2, 0) is 0 Å². The number of benzene rings is 6. The minimum atomic E-state index is 0.586. The van der Waals surface area contributed by atoms with Crippen molar-refractivity contribution in [3.63, 3.8) is 0 Å². The van der Waals surface area contributed by atoms with Crippen molar-refractivity contribution in [2.75, 3.05) is 0 Å². The number of aromatic nitrogens is 5. The maximum atomic E-state index is 6.41. The second-order valence-corrected chi connectivity index (χ2v) is 12.3. The quantitative estimate of drug-likeness (QED) is 0.187. The maximum absolute atomic E-state index is 6.41. The highest BCUT2D eigenvalue weighted by Gasteiger charge is 2.18. The minimum absolute atomic E-state index is 0.586. The summed E-state index contributed by atoms with van der Waals surface area (Å²) in [5.41, 5.74) is 8.79. The number of rotatable bonds is 5. The molecule has 0 bridgehead atoms. The molecule has 0 radical (unpaired) electrons. The van der Waals surface area contributed by atoms with Gasteiger partial charge < -0.3 is 4.42 Å². The highest BCUT2D eigenvalue weighted by Crippen LogP contribution is 2.39. The molecule has 6 aromatic carbocycles. The van der Waals surface area contributed by atoms with Crippen molar-refractivity contribution < 1.29 is 4.42 Å². The summed E-state index contributed by atoms with van der Waals surface area (Å²) in [4.78, 5) is 19.7. The van der Waals surface area contributed by atoms with Gasteiger partial charge in [-0.25, -0.2) is 19.9 Å². The topological polar surface area (TPSA) is 69.6 Å². The Morgan fingerprint density at radius 3 is 1.80 bits per heavy atom. The summed E-state index contributed by atoms with van der Waals surface area (Å²) < 4.78 is 8.63. The van der Waals surface area contributed by atoms with Gasteiger partial charge in [0.25, 0.3) is 0 Å². The molecule has 0 aliphatic rings. The smallest absolute Gasteiger partial charge is 0.164 e. The monoisotopic (exact) mass is 641 g/mol. The standard InChI is InChI=1S/C44H27N5O/c1-3-12-28(13-4-1)42-46-43(29-14-5-2-6-15-29)48-44(47-42)31-24-25-45-40(27-31)49-37-20-9-7-16-33(37)36-26-30(22-23-38(36)49)32-18-11-19-35-34-17-8-10-21-39(34)50-41(32)35/h1-27H. The molecule has 234 valence electrons. The summed E-state index contributed by atoms with van der Waals surface area (Å²) in [7, 11) is 0. The van der Waals surface area contributed by atoms with E-state index < -0.39 is 0 Å². The van der Waals surface area contributed by atoms with Crippen molar-refractivity contribution in [3.05, 3.63) is 164 Å². The van der Waals surface area contributed by atoms with E-state index in [-0.39, 0.29) is 0 Å². The molecule has 0 unspecified atom stereocenters. The lowest BCUT2D eigenvalue weighted by atomic mass is 10.0. The fourth-order valence-electron chi connectivity index (χ4n) is 6.98. The van der Waals surface area contributed by atoms with E-state index in [0.29, 0.717) is 17.5 Å². The zero-order chi connectivity index (χ0) is 33.0. The minimum Gasteiger partial charge on any atom is -0.455 e. The molecular weight excluding hydrogens is 615 g/mol. The summed E-state index contributed by atoms with van der Waals surface area (Å²) >= 11 is 0. The number of nitrogens with zero attached hydrogens (tertiary/aromatic N) is 5. The van der Waals surface area contributed by atoms with E-state index in [1.54, 1.807) is 0 Å². The van der Waals surface area contributed by atoms with Crippen LogP contribution in [0.3, 0.4) is 0 Å². The highest BCUT2D eigenvalue weighted by atomic mass is 16.3. The molecule has 6 heteroatoms. The fourth-order valence-corrected chi connectivity index (χ4v) is 6.98. The van der Waals surface area contributed by atoms with E-state index in [0.717, 1.165) is 77.4 Å². The van der Waals surface area contributed by atoms with Crippen LogP contribution in [0.25, 0.3) is 94.9 Å². The van der Waals surface area contributed by atoms with Crippen molar-refractivity contribution in [1.82, 2.24) is 24.5 Å². The van der Waals surface area contributed by atoms with Crippen LogP contribution in [0.15, 0.2) is 168 Å². The van der Waals surface area contributed by atoms with Gasteiger partial charge in [0.1, 0.15) is 17.0 Å². The van der Waals surface area contributed by atoms with Gasteiger partial charge in [-0.05, 0) is 42.0 Å². The fraction of sp³-hybridized carbons (Fsp3) is 0. The molecule has 0 atom stereocenters. The number of para-hydroxylation sites is 3. The van der Waals surface area contributed by atoms with Gasteiger partial charge in [0.2, 0.25) is 0 Å². The molecule has 0 saturated heterocycles. The summed E-state index contributed by atoms with van der Waals surface area (Å²) in [6.45, 7) is 0. The normalized spacial score (nSPS) is 11.6. The Hall–Kier alpha value is -6.92. The maximum Gasteiger partial charge on any atom is 0.164 e. The first kappa shape index (κ1) is 28.1. The van der Waals surface area contributed by atoms with Crippen molar-refractivity contribution in [2.24, 2.45) is 0 Å². The molecule has 4 aromatic heterocycles. The van der Waals surface area contributed by atoms with Gasteiger partial charge in [0.15, 0.2) is 17.5 Å². The molecule has 10 aromatic rings. The Bertz CT molecular complexity index is 2820. The first-order chi connectivity index (χ1) is 24.8. The zero-order valence-corrected chi connectivity index (χ0v) is 26.7. The molecule has 0 fully saturated rings. The molecule has 0 aliphatic heterocycles. The van der Waals surface area contributed by atoms with Crippen LogP contribution >= 0.6 is 0 Å². The summed E-state index contributed by atoms with van der Waals surface area (Å²) in [6.07, 6.45) is 1.83. The predicted molar refractivity (Wildman–Crippen MR) is 201 cm³/mol. The number of hydrogen-bond acceptors (Lipinski definition) is 5. The lowest BCUT2D eigenvalue weighted by Crippen LogP contribution is -2.02. The predicted octanol–water partition coefficient (Wildman–Crippen LogP) is 10.9. The van der Waals surface area contributed by atoms with Crippen molar-refractivity contribution >= 4 is 43.7 Å². The van der Waals surface area contributed by atoms with Crippen LogP contribution in [0.2, 0.25) is 0 Å². The largest absolute Gasteiger partial charge is 0.455 e. The summed E-state index contributed by atoms with van der Waals surface area (Å²) in [6, 6.07) is 53.8. The number of furan rings is 1. The van der Waals surface area contributed by atoms with Gasteiger partial charge in [-0.1, -0.05) is 121 Å². The number of pyridine rings is 1. The third-order valence-electron chi connectivity index (χ3n) is 9.32. The Morgan fingerprint density at radius 2 is 1.04 bits per heavy atom. The van der Waals surface area contributed by atoms with Gasteiger partial charge >= 0.3 is 0 Å². The average molecular weight is 642 g/mol. The second-order valence-electron chi connectivity index (χ2n) is 12.3. The van der Waals surface area contributed by atoms with Crippen LogP contribution in [0.1, 0.15) is 0 Å². The van der Waals surface area contributed by atoms with E-state index in [1.807, 2.05) is 85.1 Å². The van der Waals surface area contributed by atoms with Crippen molar-refractivity contribution in [1.29, 1.82) is 0 Å². The Kier molecular flexibility index (Phi) is 6.39. The molecule has 0 aliphatic carbocycles. The third kappa shape index (κ3) is 4.58. The first-order valence-electron chi connectivity index (χ1n) is 16.6. The van der Waals surface area contributed by atoms with Crippen molar-refractivity contribution in [3.8, 4) is 51.1 Å². The molecular formula is C44H27N5O. The molecule has 6 nitrogen and oxygen atoms in total. The molecule has 0 amide bonds. The van der Waals surface area contributed by atoms with Crippen LogP contribution in [0, 0.1) is 0 Å². The molecule has 50 heavy (non-hydrogen) atoms. The summed E-state index contributed by atoms with van der Waals surface area (Å²) in [5.74, 6) is 2.61. The Morgan fingerprint density at radius 1 is 0.420 bits per heavy atom. The van der Waals surface area contributed by atoms with E-state index in [9.17, 15) is 0 Å². The van der Waals surface area contributed by atoms with Gasteiger partial charge in [-0.3, -0.25) is 4.57 Å². The Balaban J connectivity index is 1.14. The molecule has 4 heterocycles. The molecule has 0 spiro atoms. The van der Waals surface area contributed by atoms with Crippen LogP contribution < -0.4 is 0 Å². The van der Waals surface area contributed by atoms with E-state index in [1.165, 1.54) is 0 Å². The van der Waals surface area contributed by atoms with Crippen LogP contribution in [0.5, 0.6) is 0 Å². The summed E-state index contributed by atoms with van der Waals surface area (Å²) in [5, 5.41) is 4.52. The van der Waals surface area contributed by atoms with Gasteiger partial charge in [0, 0.05) is 50.0 Å². The highest BCUT2D eigenvalue weighted by molar-refractivity contribution is 6.13. The zero-order valence-electron chi connectivity index (χ0n) is 26.7. The van der Waals surface area contributed by atoms with E-state index >= 15 is 0 Å². The first-order valence-corrected chi connectivity index (χ1v) is 16.6. The number of fused-ring (bicyclic) bond motifs is 6. The van der Waals surface area contributed by atoms with Gasteiger partial charge in [-0.2, -0.15) is 0 Å². The molecule has 10 rings (SSSR count). The molecule has 0 N–H and O–H groups in total. The SMILES string of the molecule is c1ccc(-c2nc(-c3ccccc3)nc(-c3ccnc(-n4c5ccccc5c5cc(-c6cccc7c6oc6ccccc67)ccc54)c3)n2)cc1. The average Bonchev–Trinajstić information content (AvgIpc) is 3.74. The van der Waals surface area contributed by atoms with Crippen LogP contribution in [0.4, 0.5) is 0 Å². The third-order valence-corrected chi connectivity index (χ3v) is 9.32. The van der Waals surface area contributed by atoms with E-state index in [4.69, 9.17) is 24.4 Å².